The van der Waals surface area contributed by atoms with Crippen LogP contribution >= 0.6 is 0 Å². The summed E-state index contributed by atoms with van der Waals surface area (Å²) in [4.78, 5) is 26.3. The zero-order chi connectivity index (χ0) is 17.0. The Morgan fingerprint density at radius 1 is 0.739 bits per heavy atom. The van der Waals surface area contributed by atoms with E-state index in [1.54, 1.807) is 12.1 Å². The molecule has 0 saturated heterocycles. The van der Waals surface area contributed by atoms with E-state index in [9.17, 15) is 9.59 Å². The summed E-state index contributed by atoms with van der Waals surface area (Å²) in [6, 6.07) is 15.2. The lowest BCUT2D eigenvalue weighted by atomic mass is 10.1. The van der Waals surface area contributed by atoms with Crippen LogP contribution in [0.25, 0.3) is 0 Å². The van der Waals surface area contributed by atoms with Gasteiger partial charge in [0.25, 0.3) is 0 Å². The van der Waals surface area contributed by atoms with Gasteiger partial charge in [-0.15, -0.1) is 0 Å². The van der Waals surface area contributed by atoms with Gasteiger partial charge >= 0.3 is 8.56 Å². The Hall–Kier alpha value is -1.50. The van der Waals surface area contributed by atoms with Crippen LogP contribution in [0.4, 0.5) is 0 Å². The highest BCUT2D eigenvalue weighted by Crippen LogP contribution is 2.12. The molecule has 23 heavy (non-hydrogen) atoms. The molecule has 0 bridgehead atoms. The van der Waals surface area contributed by atoms with Crippen LogP contribution in [0.5, 0.6) is 0 Å². The van der Waals surface area contributed by atoms with Crippen LogP contribution in [0, 0.1) is 0 Å². The van der Waals surface area contributed by atoms with Gasteiger partial charge < -0.3 is 19.4 Å². The maximum absolute atomic E-state index is 11.1. The third-order valence-electron chi connectivity index (χ3n) is 3.74. The molecule has 2 aromatic carbocycles. The molecule has 0 spiro atoms. The summed E-state index contributed by atoms with van der Waals surface area (Å²) in [5.74, 6) is 0. The SMILES string of the molecule is CN(C)Cc1cccc(CN(C)C)c1[Si](O)(O)c1ccccc1. The molecule has 2 rings (SSSR count). The molecule has 0 fully saturated rings. The smallest absolute Gasteiger partial charge is 0.402 e. The third-order valence-corrected chi connectivity index (χ3v) is 6.21. The van der Waals surface area contributed by atoms with E-state index in [0.29, 0.717) is 23.5 Å². The number of benzene rings is 2. The monoisotopic (exact) mass is 330 g/mol. The van der Waals surface area contributed by atoms with Crippen molar-refractivity contribution in [1.29, 1.82) is 0 Å². The predicted octanol–water partition coefficient (Wildman–Crippen LogP) is 0.351. The van der Waals surface area contributed by atoms with Crippen molar-refractivity contribution in [3.63, 3.8) is 0 Å². The molecule has 0 aliphatic carbocycles. The van der Waals surface area contributed by atoms with Crippen molar-refractivity contribution in [3.8, 4) is 0 Å². The van der Waals surface area contributed by atoms with Crippen molar-refractivity contribution in [2.24, 2.45) is 0 Å². The Kier molecular flexibility index (Phi) is 5.72. The lowest BCUT2D eigenvalue weighted by molar-refractivity contribution is 0.384. The first-order valence-electron chi connectivity index (χ1n) is 7.73. The summed E-state index contributed by atoms with van der Waals surface area (Å²) in [6.07, 6.45) is 0. The molecule has 0 amide bonds. The fraction of sp³-hybridized carbons (Fsp3) is 0.333. The first kappa shape index (κ1) is 17.8. The van der Waals surface area contributed by atoms with Crippen molar-refractivity contribution < 1.29 is 9.59 Å². The van der Waals surface area contributed by atoms with Gasteiger partial charge in [0.2, 0.25) is 0 Å². The molecule has 2 aromatic rings. The number of rotatable bonds is 6. The maximum atomic E-state index is 11.1. The Bertz CT molecular complexity index is 614. The zero-order valence-electron chi connectivity index (χ0n) is 14.3. The van der Waals surface area contributed by atoms with Gasteiger partial charge in [-0.25, -0.2) is 0 Å². The van der Waals surface area contributed by atoms with Crippen LogP contribution in [-0.2, 0) is 13.1 Å². The molecule has 2 N–H and O–H groups in total. The molecule has 0 aliphatic rings. The number of nitrogens with zero attached hydrogens (tertiary/aromatic N) is 2. The van der Waals surface area contributed by atoms with Crippen LogP contribution in [-0.4, -0.2) is 56.1 Å². The molecule has 0 atom stereocenters. The standard InChI is InChI=1S/C18H26N2O2Si/c1-19(2)13-15-9-8-10-16(14-20(3)4)18(15)23(21,22)17-11-6-5-7-12-17/h5-12,21-22H,13-14H2,1-4H3. The molecule has 0 unspecified atom stereocenters. The zero-order valence-corrected chi connectivity index (χ0v) is 15.3. The van der Waals surface area contributed by atoms with Crippen molar-refractivity contribution in [3.05, 3.63) is 59.7 Å². The highest BCUT2D eigenvalue weighted by Gasteiger charge is 2.38. The molecule has 124 valence electrons. The highest BCUT2D eigenvalue weighted by molar-refractivity contribution is 6.91. The molecular formula is C18H26N2O2Si. The van der Waals surface area contributed by atoms with Crippen molar-refractivity contribution in [2.45, 2.75) is 13.1 Å². The molecule has 0 aliphatic heterocycles. The van der Waals surface area contributed by atoms with Gasteiger partial charge in [-0.2, -0.15) is 0 Å². The first-order valence-corrected chi connectivity index (χ1v) is 9.62. The fourth-order valence-electron chi connectivity index (χ4n) is 2.86. The van der Waals surface area contributed by atoms with E-state index in [1.165, 1.54) is 0 Å². The van der Waals surface area contributed by atoms with Gasteiger partial charge in [0, 0.05) is 18.3 Å². The average Bonchev–Trinajstić information content (AvgIpc) is 2.47. The van der Waals surface area contributed by atoms with E-state index in [-0.39, 0.29) is 0 Å². The summed E-state index contributed by atoms with van der Waals surface area (Å²) in [7, 11) is 4.22. The maximum Gasteiger partial charge on any atom is 0.402 e. The first-order chi connectivity index (χ1) is 10.8. The number of hydrogen-bond acceptors (Lipinski definition) is 4. The topological polar surface area (TPSA) is 46.9 Å². The molecular weight excluding hydrogens is 304 g/mol. The van der Waals surface area contributed by atoms with Gasteiger partial charge in [0.15, 0.2) is 0 Å². The molecule has 0 radical (unpaired) electrons. The van der Waals surface area contributed by atoms with Crippen molar-refractivity contribution in [2.75, 3.05) is 28.2 Å². The lowest BCUT2D eigenvalue weighted by Crippen LogP contribution is -2.61. The van der Waals surface area contributed by atoms with Crippen molar-refractivity contribution >= 4 is 18.9 Å². The quantitative estimate of drug-likeness (QED) is 0.751. The predicted molar refractivity (Wildman–Crippen MR) is 97.1 cm³/mol. The van der Waals surface area contributed by atoms with E-state index in [2.05, 4.69) is 0 Å². The molecule has 4 nitrogen and oxygen atoms in total. The molecule has 0 heterocycles. The van der Waals surface area contributed by atoms with Crippen LogP contribution < -0.4 is 10.4 Å². The summed E-state index contributed by atoms with van der Waals surface area (Å²) in [5.41, 5.74) is 1.96. The van der Waals surface area contributed by atoms with E-state index in [4.69, 9.17) is 0 Å². The van der Waals surface area contributed by atoms with Gasteiger partial charge in [-0.3, -0.25) is 0 Å². The van der Waals surface area contributed by atoms with Crippen LogP contribution in [0.1, 0.15) is 11.1 Å². The van der Waals surface area contributed by atoms with E-state index in [1.807, 2.05) is 74.4 Å². The van der Waals surface area contributed by atoms with Crippen LogP contribution in [0.15, 0.2) is 48.5 Å². The summed E-state index contributed by atoms with van der Waals surface area (Å²) in [5, 5.41) is 1.33. The Balaban J connectivity index is 2.60. The highest BCUT2D eigenvalue weighted by atomic mass is 28.4. The molecule has 0 saturated carbocycles. The van der Waals surface area contributed by atoms with Gasteiger partial charge in [-0.1, -0.05) is 48.5 Å². The van der Waals surface area contributed by atoms with Crippen LogP contribution in [0.3, 0.4) is 0 Å². The Morgan fingerprint density at radius 2 is 1.22 bits per heavy atom. The van der Waals surface area contributed by atoms with E-state index < -0.39 is 8.56 Å². The van der Waals surface area contributed by atoms with Crippen LogP contribution in [0.2, 0.25) is 0 Å². The van der Waals surface area contributed by atoms with Gasteiger partial charge in [0.1, 0.15) is 0 Å². The van der Waals surface area contributed by atoms with Gasteiger partial charge in [-0.05, 0) is 44.5 Å². The minimum atomic E-state index is -3.73. The Labute approximate surface area is 139 Å². The summed E-state index contributed by atoms with van der Waals surface area (Å²) in [6.45, 7) is 1.36. The van der Waals surface area contributed by atoms with E-state index >= 15 is 0 Å². The molecule has 5 heteroatoms. The van der Waals surface area contributed by atoms with E-state index in [0.717, 1.165) is 11.1 Å². The summed E-state index contributed by atoms with van der Waals surface area (Å²) >= 11 is 0. The largest absolute Gasteiger partial charge is 0.404 e. The van der Waals surface area contributed by atoms with Crippen molar-refractivity contribution in [1.82, 2.24) is 9.80 Å². The minimum absolute atomic E-state index is 0.617. The second-order valence-electron chi connectivity index (χ2n) is 6.47. The normalized spacial score (nSPS) is 12.2. The summed E-state index contributed by atoms with van der Waals surface area (Å²) < 4.78 is 0. The minimum Gasteiger partial charge on any atom is -0.404 e. The number of hydrogen-bond donors (Lipinski definition) is 2. The average molecular weight is 331 g/mol. The van der Waals surface area contributed by atoms with Gasteiger partial charge in [0.05, 0.1) is 0 Å². The Morgan fingerprint density at radius 3 is 1.65 bits per heavy atom. The fourth-order valence-corrected chi connectivity index (χ4v) is 5.03. The lowest BCUT2D eigenvalue weighted by Gasteiger charge is -2.27. The second-order valence-corrected chi connectivity index (χ2v) is 8.89. The molecule has 0 aromatic heterocycles. The third kappa shape index (κ3) is 4.28. The second kappa shape index (κ2) is 7.38.